The minimum atomic E-state index is 0.412. The third-order valence-corrected chi connectivity index (χ3v) is 3.20. The first kappa shape index (κ1) is 12.0. The van der Waals surface area contributed by atoms with Crippen LogP contribution >= 0.6 is 22.9 Å². The number of thiophene rings is 1. The van der Waals surface area contributed by atoms with Gasteiger partial charge in [-0.1, -0.05) is 11.6 Å². The maximum atomic E-state index is 5.83. The van der Waals surface area contributed by atoms with E-state index in [1.165, 1.54) is 4.88 Å². The van der Waals surface area contributed by atoms with Crippen LogP contribution in [0.5, 0.6) is 0 Å². The highest BCUT2D eigenvalue weighted by Gasteiger charge is 2.01. The van der Waals surface area contributed by atoms with Gasteiger partial charge in [-0.3, -0.25) is 0 Å². The second-order valence-electron chi connectivity index (χ2n) is 3.27. The quantitative estimate of drug-likeness (QED) is 0.816. The molecule has 14 heavy (non-hydrogen) atoms. The van der Waals surface area contributed by atoms with E-state index in [2.05, 4.69) is 18.3 Å². The molecule has 1 unspecified atom stereocenters. The molecule has 0 fully saturated rings. The Balaban J connectivity index is 2.15. The van der Waals surface area contributed by atoms with E-state index in [9.17, 15) is 0 Å². The second-order valence-corrected chi connectivity index (χ2v) is 5.07. The lowest BCUT2D eigenvalue weighted by Crippen LogP contribution is -2.31. The van der Waals surface area contributed by atoms with Crippen LogP contribution in [0.15, 0.2) is 12.1 Å². The van der Waals surface area contributed by atoms with Gasteiger partial charge in [-0.25, -0.2) is 0 Å². The molecular formula is C10H16ClNOS. The summed E-state index contributed by atoms with van der Waals surface area (Å²) in [5.41, 5.74) is 0. The van der Waals surface area contributed by atoms with Crippen LogP contribution in [0.2, 0.25) is 4.34 Å². The summed E-state index contributed by atoms with van der Waals surface area (Å²) in [6.45, 7) is 3.84. The third kappa shape index (κ3) is 4.42. The minimum Gasteiger partial charge on any atom is -0.383 e. The largest absolute Gasteiger partial charge is 0.383 e. The first-order chi connectivity index (χ1) is 6.72. The SMILES string of the molecule is COCC(C)NCCc1ccc(Cl)s1. The molecule has 1 heterocycles. The standard InChI is InChI=1S/C10H16ClNOS/c1-8(7-13-2)12-6-5-9-3-4-10(11)14-9/h3-4,8,12H,5-7H2,1-2H3. The molecule has 80 valence electrons. The lowest BCUT2D eigenvalue weighted by molar-refractivity contribution is 0.172. The fourth-order valence-electron chi connectivity index (χ4n) is 1.24. The van der Waals surface area contributed by atoms with Crippen LogP contribution in [-0.4, -0.2) is 26.3 Å². The smallest absolute Gasteiger partial charge is 0.0931 e. The number of halogens is 1. The highest BCUT2D eigenvalue weighted by Crippen LogP contribution is 2.21. The van der Waals surface area contributed by atoms with Crippen LogP contribution in [0.1, 0.15) is 11.8 Å². The normalized spacial score (nSPS) is 13.1. The van der Waals surface area contributed by atoms with E-state index in [0.717, 1.165) is 23.9 Å². The van der Waals surface area contributed by atoms with Gasteiger partial charge in [0.25, 0.3) is 0 Å². The van der Waals surface area contributed by atoms with Gasteiger partial charge in [-0.2, -0.15) is 0 Å². The van der Waals surface area contributed by atoms with Crippen LogP contribution in [-0.2, 0) is 11.2 Å². The van der Waals surface area contributed by atoms with Crippen LogP contribution in [0.3, 0.4) is 0 Å². The molecule has 0 amide bonds. The molecule has 1 atom stereocenters. The third-order valence-electron chi connectivity index (χ3n) is 1.91. The lowest BCUT2D eigenvalue weighted by atomic mass is 10.3. The summed E-state index contributed by atoms with van der Waals surface area (Å²) < 4.78 is 5.90. The number of ether oxygens (including phenoxy) is 1. The Morgan fingerprint density at radius 1 is 1.57 bits per heavy atom. The molecule has 0 bridgehead atoms. The van der Waals surface area contributed by atoms with Gasteiger partial charge in [-0.15, -0.1) is 11.3 Å². The van der Waals surface area contributed by atoms with Crippen molar-refractivity contribution in [2.45, 2.75) is 19.4 Å². The molecule has 0 saturated heterocycles. The molecule has 1 aromatic heterocycles. The first-order valence-electron chi connectivity index (χ1n) is 4.69. The maximum absolute atomic E-state index is 5.83. The molecule has 0 radical (unpaired) electrons. The molecule has 0 spiro atoms. The monoisotopic (exact) mass is 233 g/mol. The van der Waals surface area contributed by atoms with E-state index in [0.29, 0.717) is 6.04 Å². The number of methoxy groups -OCH3 is 1. The average Bonchev–Trinajstić information content (AvgIpc) is 2.52. The summed E-state index contributed by atoms with van der Waals surface area (Å²) >= 11 is 7.48. The van der Waals surface area contributed by atoms with Crippen molar-refractivity contribution in [3.05, 3.63) is 21.3 Å². The molecule has 0 aliphatic carbocycles. The average molecular weight is 234 g/mol. The van der Waals surface area contributed by atoms with Crippen LogP contribution in [0, 0.1) is 0 Å². The molecule has 0 aliphatic heterocycles. The van der Waals surface area contributed by atoms with Crippen molar-refractivity contribution in [3.63, 3.8) is 0 Å². The Morgan fingerprint density at radius 3 is 2.93 bits per heavy atom. The Labute approximate surface area is 94.2 Å². The summed E-state index contributed by atoms with van der Waals surface area (Å²) in [7, 11) is 1.72. The van der Waals surface area contributed by atoms with Gasteiger partial charge in [0.2, 0.25) is 0 Å². The predicted molar refractivity (Wildman–Crippen MR) is 62.4 cm³/mol. The highest BCUT2D eigenvalue weighted by molar-refractivity contribution is 7.16. The maximum Gasteiger partial charge on any atom is 0.0931 e. The Morgan fingerprint density at radius 2 is 2.36 bits per heavy atom. The van der Waals surface area contributed by atoms with E-state index in [4.69, 9.17) is 16.3 Å². The number of rotatable bonds is 6. The summed E-state index contributed by atoms with van der Waals surface area (Å²) in [5.74, 6) is 0. The molecule has 0 aromatic carbocycles. The van der Waals surface area contributed by atoms with Crippen LogP contribution < -0.4 is 5.32 Å². The minimum absolute atomic E-state index is 0.412. The van der Waals surface area contributed by atoms with E-state index in [-0.39, 0.29) is 0 Å². The van der Waals surface area contributed by atoms with Crippen molar-refractivity contribution < 1.29 is 4.74 Å². The van der Waals surface area contributed by atoms with E-state index in [1.54, 1.807) is 18.4 Å². The zero-order valence-corrected chi connectivity index (χ0v) is 10.1. The zero-order chi connectivity index (χ0) is 10.4. The van der Waals surface area contributed by atoms with Crippen molar-refractivity contribution >= 4 is 22.9 Å². The Kier molecular flexibility index (Phi) is 5.48. The molecule has 1 N–H and O–H groups in total. The summed E-state index contributed by atoms with van der Waals surface area (Å²) in [6, 6.07) is 4.44. The fraction of sp³-hybridized carbons (Fsp3) is 0.600. The van der Waals surface area contributed by atoms with E-state index in [1.807, 2.05) is 6.07 Å². The van der Waals surface area contributed by atoms with Gasteiger partial charge >= 0.3 is 0 Å². The summed E-state index contributed by atoms with van der Waals surface area (Å²) in [4.78, 5) is 1.33. The van der Waals surface area contributed by atoms with Crippen molar-refractivity contribution in [1.29, 1.82) is 0 Å². The second kappa shape index (κ2) is 6.40. The number of hydrogen-bond acceptors (Lipinski definition) is 3. The van der Waals surface area contributed by atoms with Gasteiger partial charge in [0.1, 0.15) is 0 Å². The van der Waals surface area contributed by atoms with Crippen LogP contribution in [0.25, 0.3) is 0 Å². The van der Waals surface area contributed by atoms with Crippen molar-refractivity contribution in [2.24, 2.45) is 0 Å². The van der Waals surface area contributed by atoms with Gasteiger partial charge in [0.05, 0.1) is 10.9 Å². The van der Waals surface area contributed by atoms with Crippen molar-refractivity contribution in [3.8, 4) is 0 Å². The molecule has 1 aromatic rings. The number of hydrogen-bond donors (Lipinski definition) is 1. The van der Waals surface area contributed by atoms with Gasteiger partial charge in [0.15, 0.2) is 0 Å². The van der Waals surface area contributed by atoms with Gasteiger partial charge in [0, 0.05) is 24.6 Å². The van der Waals surface area contributed by atoms with Gasteiger partial charge < -0.3 is 10.1 Å². The molecule has 1 rings (SSSR count). The molecule has 0 saturated carbocycles. The molecular weight excluding hydrogens is 218 g/mol. The van der Waals surface area contributed by atoms with Crippen LogP contribution in [0.4, 0.5) is 0 Å². The topological polar surface area (TPSA) is 21.3 Å². The predicted octanol–water partition coefficient (Wildman–Crippen LogP) is 2.57. The lowest BCUT2D eigenvalue weighted by Gasteiger charge is -2.11. The molecule has 4 heteroatoms. The highest BCUT2D eigenvalue weighted by atomic mass is 35.5. The molecule has 0 aliphatic rings. The fourth-order valence-corrected chi connectivity index (χ4v) is 2.32. The Bertz CT molecular complexity index is 264. The summed E-state index contributed by atoms with van der Waals surface area (Å²) in [6.07, 6.45) is 1.03. The zero-order valence-electron chi connectivity index (χ0n) is 8.55. The Hall–Kier alpha value is -0.0900. The number of nitrogens with one attached hydrogen (secondary N) is 1. The summed E-state index contributed by atoms with van der Waals surface area (Å²) in [5, 5.41) is 3.38. The van der Waals surface area contributed by atoms with E-state index < -0.39 is 0 Å². The van der Waals surface area contributed by atoms with Gasteiger partial charge in [-0.05, 0) is 25.5 Å². The van der Waals surface area contributed by atoms with Crippen molar-refractivity contribution in [2.75, 3.05) is 20.3 Å². The first-order valence-corrected chi connectivity index (χ1v) is 5.88. The van der Waals surface area contributed by atoms with E-state index >= 15 is 0 Å². The van der Waals surface area contributed by atoms with Crippen molar-refractivity contribution in [1.82, 2.24) is 5.32 Å². The molecule has 2 nitrogen and oxygen atoms in total.